The Balaban J connectivity index is 1.66. The summed E-state index contributed by atoms with van der Waals surface area (Å²) >= 11 is 1.94. The molecule has 1 aromatic carbocycles. The molecule has 0 atom stereocenters. The first-order valence-electron chi connectivity index (χ1n) is 6.68. The SMILES string of the molecule is CSCCCCNCc1cccc(C2CC2)c1. The number of hydrogen-bond acceptors (Lipinski definition) is 2. The Morgan fingerprint density at radius 3 is 2.94 bits per heavy atom. The third-order valence-electron chi connectivity index (χ3n) is 3.28. The molecular formula is C15H23NS. The molecule has 0 heterocycles. The van der Waals surface area contributed by atoms with Gasteiger partial charge in [-0.15, -0.1) is 0 Å². The van der Waals surface area contributed by atoms with Crippen molar-refractivity contribution >= 4 is 11.8 Å². The second-order valence-electron chi connectivity index (χ2n) is 4.90. The molecule has 1 aliphatic carbocycles. The van der Waals surface area contributed by atoms with Crippen molar-refractivity contribution < 1.29 is 0 Å². The Hall–Kier alpha value is -0.470. The van der Waals surface area contributed by atoms with Gasteiger partial charge in [-0.2, -0.15) is 11.8 Å². The first kappa shape index (κ1) is 13.0. The first-order chi connectivity index (χ1) is 8.40. The normalized spacial score (nSPS) is 15.1. The van der Waals surface area contributed by atoms with Crippen LogP contribution in [0.4, 0.5) is 0 Å². The van der Waals surface area contributed by atoms with Crippen LogP contribution in [-0.4, -0.2) is 18.6 Å². The van der Waals surface area contributed by atoms with Crippen LogP contribution >= 0.6 is 11.8 Å². The van der Waals surface area contributed by atoms with Gasteiger partial charge in [-0.3, -0.25) is 0 Å². The minimum Gasteiger partial charge on any atom is -0.313 e. The van der Waals surface area contributed by atoms with Crippen molar-refractivity contribution in [3.63, 3.8) is 0 Å². The van der Waals surface area contributed by atoms with Crippen LogP contribution in [0.15, 0.2) is 24.3 Å². The van der Waals surface area contributed by atoms with E-state index in [1.165, 1.54) is 37.0 Å². The van der Waals surface area contributed by atoms with Crippen LogP contribution in [-0.2, 0) is 6.54 Å². The molecule has 1 aromatic rings. The van der Waals surface area contributed by atoms with Gasteiger partial charge < -0.3 is 5.32 Å². The van der Waals surface area contributed by atoms with E-state index in [0.29, 0.717) is 0 Å². The molecule has 1 N–H and O–H groups in total. The lowest BCUT2D eigenvalue weighted by Crippen LogP contribution is -2.14. The van der Waals surface area contributed by atoms with E-state index in [2.05, 4.69) is 35.8 Å². The highest BCUT2D eigenvalue weighted by Crippen LogP contribution is 2.40. The molecule has 0 bridgehead atoms. The summed E-state index contributed by atoms with van der Waals surface area (Å²) in [4.78, 5) is 0. The van der Waals surface area contributed by atoms with Gasteiger partial charge in [0.2, 0.25) is 0 Å². The summed E-state index contributed by atoms with van der Waals surface area (Å²) in [6.07, 6.45) is 7.59. The number of rotatable bonds is 8. The molecule has 0 amide bonds. The van der Waals surface area contributed by atoms with E-state index < -0.39 is 0 Å². The second kappa shape index (κ2) is 7.07. The Kier molecular flexibility index (Phi) is 5.40. The molecule has 1 saturated carbocycles. The maximum atomic E-state index is 3.54. The lowest BCUT2D eigenvalue weighted by molar-refractivity contribution is 0.643. The fourth-order valence-electron chi connectivity index (χ4n) is 2.10. The van der Waals surface area contributed by atoms with Gasteiger partial charge in [0.25, 0.3) is 0 Å². The smallest absolute Gasteiger partial charge is 0.0205 e. The van der Waals surface area contributed by atoms with E-state index in [-0.39, 0.29) is 0 Å². The maximum absolute atomic E-state index is 3.54. The summed E-state index contributed by atoms with van der Waals surface area (Å²) < 4.78 is 0. The van der Waals surface area contributed by atoms with Crippen molar-refractivity contribution in [2.24, 2.45) is 0 Å². The number of benzene rings is 1. The first-order valence-corrected chi connectivity index (χ1v) is 8.08. The molecule has 1 aliphatic rings. The van der Waals surface area contributed by atoms with Gasteiger partial charge in [-0.25, -0.2) is 0 Å². The van der Waals surface area contributed by atoms with Crippen LogP contribution in [0, 0.1) is 0 Å². The maximum Gasteiger partial charge on any atom is 0.0205 e. The van der Waals surface area contributed by atoms with E-state index >= 15 is 0 Å². The van der Waals surface area contributed by atoms with Gasteiger partial charge in [0.1, 0.15) is 0 Å². The molecule has 0 spiro atoms. The van der Waals surface area contributed by atoms with Crippen LogP contribution in [0.25, 0.3) is 0 Å². The summed E-state index contributed by atoms with van der Waals surface area (Å²) in [5, 5.41) is 3.54. The Labute approximate surface area is 109 Å². The van der Waals surface area contributed by atoms with Crippen molar-refractivity contribution in [1.29, 1.82) is 0 Å². The molecule has 2 heteroatoms. The average Bonchev–Trinajstić information content (AvgIpc) is 3.18. The molecule has 1 fully saturated rings. The van der Waals surface area contributed by atoms with E-state index in [0.717, 1.165) is 19.0 Å². The van der Waals surface area contributed by atoms with E-state index in [9.17, 15) is 0 Å². The zero-order valence-electron chi connectivity index (χ0n) is 10.7. The number of unbranched alkanes of at least 4 members (excludes halogenated alkanes) is 1. The van der Waals surface area contributed by atoms with Crippen LogP contribution < -0.4 is 5.32 Å². The van der Waals surface area contributed by atoms with E-state index in [1.807, 2.05) is 11.8 Å². The van der Waals surface area contributed by atoms with Crippen molar-refractivity contribution in [3.8, 4) is 0 Å². The monoisotopic (exact) mass is 249 g/mol. The van der Waals surface area contributed by atoms with Gasteiger partial charge in [-0.05, 0) is 61.3 Å². The van der Waals surface area contributed by atoms with Gasteiger partial charge >= 0.3 is 0 Å². The minimum atomic E-state index is 0.872. The largest absolute Gasteiger partial charge is 0.313 e. The quantitative estimate of drug-likeness (QED) is 0.703. The number of nitrogens with one attached hydrogen (secondary N) is 1. The van der Waals surface area contributed by atoms with Crippen LogP contribution in [0.2, 0.25) is 0 Å². The molecule has 17 heavy (non-hydrogen) atoms. The lowest BCUT2D eigenvalue weighted by atomic mass is 10.1. The lowest BCUT2D eigenvalue weighted by Gasteiger charge is -2.06. The highest BCUT2D eigenvalue weighted by Gasteiger charge is 2.23. The molecule has 0 unspecified atom stereocenters. The predicted octanol–water partition coefficient (Wildman–Crippen LogP) is 3.80. The summed E-state index contributed by atoms with van der Waals surface area (Å²) in [5.74, 6) is 2.16. The average molecular weight is 249 g/mol. The summed E-state index contributed by atoms with van der Waals surface area (Å²) in [5.41, 5.74) is 2.99. The zero-order valence-corrected chi connectivity index (χ0v) is 11.6. The van der Waals surface area contributed by atoms with Crippen molar-refractivity contribution in [3.05, 3.63) is 35.4 Å². The summed E-state index contributed by atoms with van der Waals surface area (Å²) in [6, 6.07) is 9.10. The summed E-state index contributed by atoms with van der Waals surface area (Å²) in [7, 11) is 0. The van der Waals surface area contributed by atoms with Crippen molar-refractivity contribution in [1.82, 2.24) is 5.32 Å². The molecule has 0 aromatic heterocycles. The molecule has 0 radical (unpaired) electrons. The second-order valence-corrected chi connectivity index (χ2v) is 5.88. The van der Waals surface area contributed by atoms with Crippen LogP contribution in [0.3, 0.4) is 0 Å². The van der Waals surface area contributed by atoms with E-state index in [4.69, 9.17) is 0 Å². The fraction of sp³-hybridized carbons (Fsp3) is 0.600. The van der Waals surface area contributed by atoms with Gasteiger partial charge in [0.05, 0.1) is 0 Å². The number of hydrogen-bond donors (Lipinski definition) is 1. The van der Waals surface area contributed by atoms with E-state index in [1.54, 1.807) is 5.56 Å². The summed E-state index contributed by atoms with van der Waals surface area (Å²) in [6.45, 7) is 2.17. The van der Waals surface area contributed by atoms with Crippen LogP contribution in [0.1, 0.15) is 42.7 Å². The van der Waals surface area contributed by atoms with Gasteiger partial charge in [0, 0.05) is 6.54 Å². The third-order valence-corrected chi connectivity index (χ3v) is 3.98. The third kappa shape index (κ3) is 4.72. The minimum absolute atomic E-state index is 0.872. The number of thioether (sulfide) groups is 1. The predicted molar refractivity (Wildman–Crippen MR) is 77.7 cm³/mol. The van der Waals surface area contributed by atoms with Gasteiger partial charge in [-0.1, -0.05) is 24.3 Å². The van der Waals surface area contributed by atoms with Crippen molar-refractivity contribution in [2.75, 3.05) is 18.6 Å². The molecule has 94 valence electrons. The van der Waals surface area contributed by atoms with Crippen LogP contribution in [0.5, 0.6) is 0 Å². The Morgan fingerprint density at radius 2 is 2.18 bits per heavy atom. The molecule has 1 nitrogen and oxygen atoms in total. The Bertz CT molecular complexity index is 333. The van der Waals surface area contributed by atoms with Crippen molar-refractivity contribution in [2.45, 2.75) is 38.1 Å². The highest BCUT2D eigenvalue weighted by molar-refractivity contribution is 7.98. The molecular weight excluding hydrogens is 226 g/mol. The molecule has 0 saturated heterocycles. The topological polar surface area (TPSA) is 12.0 Å². The fourth-order valence-corrected chi connectivity index (χ4v) is 2.60. The molecule has 0 aliphatic heterocycles. The standard InChI is InChI=1S/C15H23NS/c1-17-10-3-2-9-16-12-13-5-4-6-15(11-13)14-7-8-14/h4-6,11,14,16H,2-3,7-10,12H2,1H3. The zero-order chi connectivity index (χ0) is 11.9. The highest BCUT2D eigenvalue weighted by atomic mass is 32.2. The molecule has 2 rings (SSSR count). The van der Waals surface area contributed by atoms with Gasteiger partial charge in [0.15, 0.2) is 0 Å². The Morgan fingerprint density at radius 1 is 1.29 bits per heavy atom.